The number of rotatable bonds is 6. The summed E-state index contributed by atoms with van der Waals surface area (Å²) in [5, 5.41) is 5.58. The fraction of sp³-hybridized carbons (Fsp3) is 0.158. The molecule has 0 saturated carbocycles. The minimum Gasteiger partial charge on any atom is -0.434 e. The number of carbonyl (C=O) groups excluding carboxylic acids is 1. The molecule has 4 nitrogen and oxygen atoms in total. The zero-order valence-electron chi connectivity index (χ0n) is 13.9. The SMILES string of the molecule is Cc1csc(-c2ccc(C(=O)NCc3ccccc3OC(F)F)cc2)n1. The lowest BCUT2D eigenvalue weighted by atomic mass is 10.1. The van der Waals surface area contributed by atoms with Crippen molar-refractivity contribution in [3.63, 3.8) is 0 Å². The number of aromatic nitrogens is 1. The largest absolute Gasteiger partial charge is 0.434 e. The molecule has 26 heavy (non-hydrogen) atoms. The van der Waals surface area contributed by atoms with E-state index < -0.39 is 6.61 Å². The number of para-hydroxylation sites is 1. The fourth-order valence-electron chi connectivity index (χ4n) is 2.39. The fourth-order valence-corrected chi connectivity index (χ4v) is 3.19. The van der Waals surface area contributed by atoms with Gasteiger partial charge in [-0.15, -0.1) is 11.3 Å². The maximum atomic E-state index is 12.4. The van der Waals surface area contributed by atoms with Gasteiger partial charge < -0.3 is 10.1 Å². The Kier molecular flexibility index (Phi) is 5.58. The van der Waals surface area contributed by atoms with Crippen LogP contribution >= 0.6 is 11.3 Å². The lowest BCUT2D eigenvalue weighted by Crippen LogP contribution is -2.23. The molecule has 0 radical (unpaired) electrons. The summed E-state index contributed by atoms with van der Waals surface area (Å²) in [5.41, 5.74) is 2.86. The van der Waals surface area contributed by atoms with Gasteiger partial charge in [0, 0.05) is 34.3 Å². The van der Waals surface area contributed by atoms with Crippen molar-refractivity contribution in [2.24, 2.45) is 0 Å². The predicted octanol–water partition coefficient (Wildman–Crippen LogP) is 4.65. The van der Waals surface area contributed by atoms with Crippen LogP contribution in [0.1, 0.15) is 21.6 Å². The van der Waals surface area contributed by atoms with E-state index in [1.54, 1.807) is 41.7 Å². The summed E-state index contributed by atoms with van der Waals surface area (Å²) in [6.07, 6.45) is 0. The number of ether oxygens (including phenoxy) is 1. The normalized spacial score (nSPS) is 10.8. The van der Waals surface area contributed by atoms with Gasteiger partial charge in [0.1, 0.15) is 10.8 Å². The van der Waals surface area contributed by atoms with E-state index >= 15 is 0 Å². The second-order valence-corrected chi connectivity index (χ2v) is 6.40. The summed E-state index contributed by atoms with van der Waals surface area (Å²) in [4.78, 5) is 16.7. The summed E-state index contributed by atoms with van der Waals surface area (Å²) in [6, 6.07) is 13.5. The van der Waals surface area contributed by atoms with Crippen LogP contribution in [-0.4, -0.2) is 17.5 Å². The maximum absolute atomic E-state index is 12.4. The highest BCUT2D eigenvalue weighted by molar-refractivity contribution is 7.13. The van der Waals surface area contributed by atoms with E-state index in [1.165, 1.54) is 6.07 Å². The van der Waals surface area contributed by atoms with E-state index in [0.29, 0.717) is 11.1 Å². The van der Waals surface area contributed by atoms with Crippen LogP contribution in [0.3, 0.4) is 0 Å². The average molecular weight is 374 g/mol. The van der Waals surface area contributed by atoms with Crippen LogP contribution < -0.4 is 10.1 Å². The van der Waals surface area contributed by atoms with E-state index in [4.69, 9.17) is 0 Å². The number of carbonyl (C=O) groups is 1. The van der Waals surface area contributed by atoms with E-state index in [-0.39, 0.29) is 18.2 Å². The first-order chi connectivity index (χ1) is 12.5. The Morgan fingerprint density at radius 1 is 1.19 bits per heavy atom. The van der Waals surface area contributed by atoms with Crippen molar-refractivity contribution in [3.8, 4) is 16.3 Å². The Hall–Kier alpha value is -2.80. The van der Waals surface area contributed by atoms with Crippen molar-refractivity contribution in [2.75, 3.05) is 0 Å². The van der Waals surface area contributed by atoms with E-state index in [2.05, 4.69) is 15.0 Å². The van der Waals surface area contributed by atoms with Crippen LogP contribution in [0.2, 0.25) is 0 Å². The Morgan fingerprint density at radius 2 is 1.92 bits per heavy atom. The molecule has 1 heterocycles. The number of halogens is 2. The van der Waals surface area contributed by atoms with Gasteiger partial charge in [-0.2, -0.15) is 8.78 Å². The monoisotopic (exact) mass is 374 g/mol. The van der Waals surface area contributed by atoms with Crippen molar-refractivity contribution < 1.29 is 18.3 Å². The van der Waals surface area contributed by atoms with Gasteiger partial charge in [-0.1, -0.05) is 30.3 Å². The van der Waals surface area contributed by atoms with Gasteiger partial charge in [0.15, 0.2) is 0 Å². The van der Waals surface area contributed by atoms with Crippen molar-refractivity contribution in [1.29, 1.82) is 0 Å². The second-order valence-electron chi connectivity index (χ2n) is 5.54. The molecule has 1 N–H and O–H groups in total. The molecule has 3 rings (SSSR count). The minimum absolute atomic E-state index is 0.0530. The molecule has 0 bridgehead atoms. The molecule has 7 heteroatoms. The number of amides is 1. The first-order valence-corrected chi connectivity index (χ1v) is 8.74. The van der Waals surface area contributed by atoms with Gasteiger partial charge in [-0.05, 0) is 25.1 Å². The Balaban J connectivity index is 1.65. The van der Waals surface area contributed by atoms with Gasteiger partial charge >= 0.3 is 6.61 Å². The molecule has 1 aromatic heterocycles. The number of thiazole rings is 1. The van der Waals surface area contributed by atoms with Crippen LogP contribution in [0.4, 0.5) is 8.78 Å². The number of benzene rings is 2. The number of alkyl halides is 2. The average Bonchev–Trinajstić information content (AvgIpc) is 3.07. The molecule has 0 atom stereocenters. The van der Waals surface area contributed by atoms with Gasteiger partial charge in [-0.3, -0.25) is 4.79 Å². The van der Waals surface area contributed by atoms with E-state index in [1.807, 2.05) is 24.4 Å². The molecular weight excluding hydrogens is 358 g/mol. The van der Waals surface area contributed by atoms with E-state index in [9.17, 15) is 13.6 Å². The van der Waals surface area contributed by atoms with Crippen LogP contribution in [0.5, 0.6) is 5.75 Å². The minimum atomic E-state index is -2.91. The first-order valence-electron chi connectivity index (χ1n) is 7.86. The first kappa shape index (κ1) is 18.0. The molecule has 2 aromatic carbocycles. The Morgan fingerprint density at radius 3 is 2.58 bits per heavy atom. The van der Waals surface area contributed by atoms with Crippen molar-refractivity contribution in [3.05, 3.63) is 70.7 Å². The number of hydrogen-bond acceptors (Lipinski definition) is 4. The van der Waals surface area contributed by atoms with Gasteiger partial charge in [-0.25, -0.2) is 4.98 Å². The zero-order chi connectivity index (χ0) is 18.5. The molecule has 3 aromatic rings. The number of hydrogen-bond donors (Lipinski definition) is 1. The topological polar surface area (TPSA) is 51.2 Å². The molecule has 0 aliphatic carbocycles. The molecule has 134 valence electrons. The van der Waals surface area contributed by atoms with Crippen LogP contribution in [0.25, 0.3) is 10.6 Å². The third-order valence-electron chi connectivity index (χ3n) is 3.64. The van der Waals surface area contributed by atoms with Crippen molar-refractivity contribution in [1.82, 2.24) is 10.3 Å². The maximum Gasteiger partial charge on any atom is 0.387 e. The zero-order valence-corrected chi connectivity index (χ0v) is 14.7. The Labute approximate surface area is 153 Å². The standard InChI is InChI=1S/C19H16F2N2O2S/c1-12-11-26-18(23-12)14-8-6-13(7-9-14)17(24)22-10-15-4-2-3-5-16(15)25-19(20)21/h2-9,11,19H,10H2,1H3,(H,22,24). The highest BCUT2D eigenvalue weighted by atomic mass is 32.1. The summed E-state index contributed by atoms with van der Waals surface area (Å²) < 4.78 is 29.3. The molecule has 0 spiro atoms. The highest BCUT2D eigenvalue weighted by Gasteiger charge is 2.11. The third kappa shape index (κ3) is 4.43. The quantitative estimate of drug-likeness (QED) is 0.683. The summed E-state index contributed by atoms with van der Waals surface area (Å²) >= 11 is 1.54. The molecule has 0 unspecified atom stereocenters. The highest BCUT2D eigenvalue weighted by Crippen LogP contribution is 2.24. The summed E-state index contributed by atoms with van der Waals surface area (Å²) in [6.45, 7) is -0.888. The number of nitrogens with zero attached hydrogens (tertiary/aromatic N) is 1. The molecular formula is C19H16F2N2O2S. The molecule has 0 aliphatic heterocycles. The van der Waals surface area contributed by atoms with E-state index in [0.717, 1.165) is 16.3 Å². The predicted molar refractivity (Wildman–Crippen MR) is 96.5 cm³/mol. The van der Waals surface area contributed by atoms with Gasteiger partial charge in [0.2, 0.25) is 0 Å². The lowest BCUT2D eigenvalue weighted by Gasteiger charge is -2.11. The smallest absolute Gasteiger partial charge is 0.387 e. The van der Waals surface area contributed by atoms with Crippen LogP contribution in [0.15, 0.2) is 53.9 Å². The second kappa shape index (κ2) is 8.05. The summed E-state index contributed by atoms with van der Waals surface area (Å²) in [5.74, 6) is -0.240. The molecule has 1 amide bonds. The Bertz CT molecular complexity index is 895. The summed E-state index contributed by atoms with van der Waals surface area (Å²) in [7, 11) is 0. The van der Waals surface area contributed by atoms with Gasteiger partial charge in [0.05, 0.1) is 0 Å². The number of aryl methyl sites for hydroxylation is 1. The molecule has 0 saturated heterocycles. The van der Waals surface area contributed by atoms with Crippen molar-refractivity contribution in [2.45, 2.75) is 20.1 Å². The van der Waals surface area contributed by atoms with Crippen molar-refractivity contribution >= 4 is 17.2 Å². The van der Waals surface area contributed by atoms with Crippen LogP contribution in [0, 0.1) is 6.92 Å². The van der Waals surface area contributed by atoms with Gasteiger partial charge in [0.25, 0.3) is 5.91 Å². The molecule has 0 fully saturated rings. The lowest BCUT2D eigenvalue weighted by molar-refractivity contribution is -0.0504. The molecule has 0 aliphatic rings. The number of nitrogens with one attached hydrogen (secondary N) is 1. The van der Waals surface area contributed by atoms with Crippen LogP contribution in [-0.2, 0) is 6.54 Å². The third-order valence-corrected chi connectivity index (χ3v) is 4.65.